The normalized spacial score (nSPS) is 10.4. The third-order valence-corrected chi connectivity index (χ3v) is 3.56. The zero-order valence-electron chi connectivity index (χ0n) is 8.37. The molecule has 2 aromatic heterocycles. The Morgan fingerprint density at radius 3 is 2.94 bits per heavy atom. The number of aryl methyl sites for hydroxylation is 1. The fourth-order valence-corrected chi connectivity index (χ4v) is 2.28. The Morgan fingerprint density at radius 2 is 2.44 bits per heavy atom. The van der Waals surface area contributed by atoms with E-state index in [0.717, 1.165) is 9.48 Å². The van der Waals surface area contributed by atoms with Crippen molar-refractivity contribution in [3.8, 4) is 0 Å². The van der Waals surface area contributed by atoms with Crippen molar-refractivity contribution in [3.05, 3.63) is 26.5 Å². The number of H-pyrrole nitrogens is 1. The van der Waals surface area contributed by atoms with Crippen LogP contribution in [-0.4, -0.2) is 16.1 Å². The Balaban J connectivity index is 2.17. The SMILES string of the molecule is Cc1[nH]nc(NC(=O)c2csc(Br)c2)c1N. The molecule has 0 spiro atoms. The number of hydrogen-bond donors (Lipinski definition) is 3. The molecule has 0 aliphatic rings. The molecule has 84 valence electrons. The van der Waals surface area contributed by atoms with Crippen LogP contribution in [0, 0.1) is 6.92 Å². The molecule has 0 fully saturated rings. The van der Waals surface area contributed by atoms with Crippen LogP contribution in [0.2, 0.25) is 0 Å². The Labute approximate surface area is 104 Å². The van der Waals surface area contributed by atoms with Crippen LogP contribution in [0.5, 0.6) is 0 Å². The number of rotatable bonds is 2. The molecular weight excluding hydrogens is 292 g/mol. The second kappa shape index (κ2) is 4.26. The Bertz CT molecular complexity index is 533. The van der Waals surface area contributed by atoms with Crippen LogP contribution >= 0.6 is 27.3 Å². The van der Waals surface area contributed by atoms with E-state index in [1.165, 1.54) is 11.3 Å². The van der Waals surface area contributed by atoms with Gasteiger partial charge in [-0.15, -0.1) is 11.3 Å². The van der Waals surface area contributed by atoms with Crippen molar-refractivity contribution in [1.82, 2.24) is 10.2 Å². The molecular formula is C9H9BrN4OS. The third-order valence-electron chi connectivity index (χ3n) is 2.06. The van der Waals surface area contributed by atoms with Gasteiger partial charge in [-0.3, -0.25) is 9.89 Å². The Kier molecular flexibility index (Phi) is 2.97. The van der Waals surface area contributed by atoms with Crippen LogP contribution in [0.1, 0.15) is 16.1 Å². The Morgan fingerprint density at radius 1 is 1.69 bits per heavy atom. The first-order chi connectivity index (χ1) is 7.58. The van der Waals surface area contributed by atoms with Crippen LogP contribution in [0.4, 0.5) is 11.5 Å². The van der Waals surface area contributed by atoms with E-state index in [2.05, 4.69) is 31.4 Å². The van der Waals surface area contributed by atoms with Crippen molar-refractivity contribution in [3.63, 3.8) is 0 Å². The van der Waals surface area contributed by atoms with Crippen LogP contribution in [0.3, 0.4) is 0 Å². The molecule has 0 saturated carbocycles. The molecule has 16 heavy (non-hydrogen) atoms. The predicted octanol–water partition coefficient (Wildman–Crippen LogP) is 2.38. The van der Waals surface area contributed by atoms with Gasteiger partial charge in [0.1, 0.15) is 0 Å². The third kappa shape index (κ3) is 2.10. The Hall–Kier alpha value is -1.34. The van der Waals surface area contributed by atoms with Crippen molar-refractivity contribution >= 4 is 44.7 Å². The molecule has 1 amide bonds. The molecule has 2 rings (SSSR count). The van der Waals surface area contributed by atoms with Gasteiger partial charge in [-0.25, -0.2) is 0 Å². The minimum atomic E-state index is -0.222. The summed E-state index contributed by atoms with van der Waals surface area (Å²) < 4.78 is 0.906. The molecule has 0 radical (unpaired) electrons. The van der Waals surface area contributed by atoms with Crippen LogP contribution in [0.15, 0.2) is 15.2 Å². The number of nitrogens with one attached hydrogen (secondary N) is 2. The van der Waals surface area contributed by atoms with Crippen LogP contribution in [0.25, 0.3) is 0 Å². The number of aromatic amines is 1. The van der Waals surface area contributed by atoms with Crippen molar-refractivity contribution in [2.75, 3.05) is 11.1 Å². The summed E-state index contributed by atoms with van der Waals surface area (Å²) in [6.07, 6.45) is 0. The number of aromatic nitrogens is 2. The number of nitrogens with two attached hydrogens (primary N) is 1. The van der Waals surface area contributed by atoms with Gasteiger partial charge in [-0.1, -0.05) is 0 Å². The smallest absolute Gasteiger partial charge is 0.257 e. The van der Waals surface area contributed by atoms with Crippen molar-refractivity contribution in [1.29, 1.82) is 0 Å². The minimum Gasteiger partial charge on any atom is -0.394 e. The second-order valence-electron chi connectivity index (χ2n) is 3.20. The van der Waals surface area contributed by atoms with Gasteiger partial charge < -0.3 is 11.1 Å². The van der Waals surface area contributed by atoms with Crippen molar-refractivity contribution in [2.24, 2.45) is 0 Å². The van der Waals surface area contributed by atoms with Crippen molar-refractivity contribution in [2.45, 2.75) is 6.92 Å². The van der Waals surface area contributed by atoms with Crippen LogP contribution < -0.4 is 11.1 Å². The van der Waals surface area contributed by atoms with E-state index >= 15 is 0 Å². The summed E-state index contributed by atoms with van der Waals surface area (Å²) in [5.41, 5.74) is 7.50. The number of thiophene rings is 1. The summed E-state index contributed by atoms with van der Waals surface area (Å²) in [4.78, 5) is 11.8. The van der Waals surface area contributed by atoms with E-state index in [1.807, 2.05) is 0 Å². The van der Waals surface area contributed by atoms with E-state index in [0.29, 0.717) is 17.1 Å². The topological polar surface area (TPSA) is 83.8 Å². The van der Waals surface area contributed by atoms with Gasteiger partial charge in [0.05, 0.1) is 20.7 Å². The van der Waals surface area contributed by atoms with E-state index in [4.69, 9.17) is 5.73 Å². The monoisotopic (exact) mass is 300 g/mol. The highest BCUT2D eigenvalue weighted by atomic mass is 79.9. The number of carbonyl (C=O) groups excluding carboxylic acids is 1. The molecule has 0 unspecified atom stereocenters. The predicted molar refractivity (Wildman–Crippen MR) is 67.7 cm³/mol. The molecule has 0 aliphatic carbocycles. The first kappa shape index (κ1) is 11.2. The van der Waals surface area contributed by atoms with E-state index in [1.54, 1.807) is 18.4 Å². The lowest BCUT2D eigenvalue weighted by molar-refractivity contribution is 0.102. The van der Waals surface area contributed by atoms with Gasteiger partial charge >= 0.3 is 0 Å². The summed E-state index contributed by atoms with van der Waals surface area (Å²) in [6.45, 7) is 1.79. The number of amides is 1. The van der Waals surface area contributed by atoms with Gasteiger partial charge in [0.25, 0.3) is 5.91 Å². The lowest BCUT2D eigenvalue weighted by atomic mass is 10.3. The molecule has 0 saturated heterocycles. The van der Waals surface area contributed by atoms with Gasteiger partial charge in [0.15, 0.2) is 5.82 Å². The molecule has 4 N–H and O–H groups in total. The lowest BCUT2D eigenvalue weighted by Crippen LogP contribution is -2.12. The molecule has 0 aliphatic heterocycles. The maximum atomic E-state index is 11.8. The molecule has 2 aromatic rings. The number of nitrogen functional groups attached to an aromatic ring is 1. The molecule has 0 aromatic carbocycles. The fraction of sp³-hybridized carbons (Fsp3) is 0.111. The fourth-order valence-electron chi connectivity index (χ4n) is 1.14. The second-order valence-corrected chi connectivity index (χ2v) is 5.49. The molecule has 7 heteroatoms. The van der Waals surface area contributed by atoms with Gasteiger partial charge in [0.2, 0.25) is 0 Å². The number of anilines is 2. The summed E-state index contributed by atoms with van der Waals surface area (Å²) in [7, 11) is 0. The highest BCUT2D eigenvalue weighted by molar-refractivity contribution is 9.11. The number of nitrogens with zero attached hydrogens (tertiary/aromatic N) is 1. The summed E-state index contributed by atoms with van der Waals surface area (Å²) >= 11 is 4.75. The molecule has 0 atom stereocenters. The largest absolute Gasteiger partial charge is 0.394 e. The standard InChI is InChI=1S/C9H9BrN4OS/c1-4-7(11)8(14-13-4)12-9(15)5-2-6(10)16-3-5/h2-3H,11H2,1H3,(H2,12,13,14,15). The first-order valence-electron chi connectivity index (χ1n) is 4.43. The maximum Gasteiger partial charge on any atom is 0.257 e. The van der Waals surface area contributed by atoms with E-state index in [9.17, 15) is 4.79 Å². The van der Waals surface area contributed by atoms with Crippen molar-refractivity contribution < 1.29 is 4.79 Å². The molecule has 2 heterocycles. The van der Waals surface area contributed by atoms with Gasteiger partial charge in [-0.05, 0) is 28.9 Å². The summed E-state index contributed by atoms with van der Waals surface area (Å²) in [5, 5.41) is 11.0. The lowest BCUT2D eigenvalue weighted by Gasteiger charge is -2.00. The zero-order valence-corrected chi connectivity index (χ0v) is 10.8. The van der Waals surface area contributed by atoms with Gasteiger partial charge in [0, 0.05) is 5.38 Å². The highest BCUT2D eigenvalue weighted by Gasteiger charge is 2.12. The molecule has 5 nitrogen and oxygen atoms in total. The number of hydrogen-bond acceptors (Lipinski definition) is 4. The number of carbonyl (C=O) groups is 1. The van der Waals surface area contributed by atoms with E-state index in [-0.39, 0.29) is 5.91 Å². The quantitative estimate of drug-likeness (QED) is 0.796. The maximum absolute atomic E-state index is 11.8. The highest BCUT2D eigenvalue weighted by Crippen LogP contribution is 2.23. The summed E-state index contributed by atoms with van der Waals surface area (Å²) in [5.74, 6) is 0.143. The van der Waals surface area contributed by atoms with Gasteiger partial charge in [-0.2, -0.15) is 5.10 Å². The van der Waals surface area contributed by atoms with E-state index < -0.39 is 0 Å². The summed E-state index contributed by atoms with van der Waals surface area (Å²) in [6, 6.07) is 1.75. The van der Waals surface area contributed by atoms with Crippen LogP contribution in [-0.2, 0) is 0 Å². The minimum absolute atomic E-state index is 0.222. The number of halogens is 1. The average Bonchev–Trinajstić information content (AvgIpc) is 2.79. The molecule has 0 bridgehead atoms. The zero-order chi connectivity index (χ0) is 11.7. The average molecular weight is 301 g/mol. The first-order valence-corrected chi connectivity index (χ1v) is 6.11.